The van der Waals surface area contributed by atoms with Crippen molar-refractivity contribution < 1.29 is 14.0 Å². The van der Waals surface area contributed by atoms with Crippen LogP contribution in [0.25, 0.3) is 11.1 Å². The Morgan fingerprint density at radius 1 is 1.12 bits per heavy atom. The first-order valence-electron chi connectivity index (χ1n) is 8.53. The minimum atomic E-state index is -0.447. The third-order valence-electron chi connectivity index (χ3n) is 4.54. The molecule has 134 valence electrons. The fourth-order valence-electron chi connectivity index (χ4n) is 3.09. The molecule has 2 amide bonds. The van der Waals surface area contributed by atoms with Crippen molar-refractivity contribution in [2.24, 2.45) is 13.0 Å². The van der Waals surface area contributed by atoms with Crippen molar-refractivity contribution in [3.8, 4) is 0 Å². The van der Waals surface area contributed by atoms with Crippen molar-refractivity contribution in [2.75, 3.05) is 26.2 Å². The Hall–Kier alpha value is -2.57. The number of rotatable bonds is 3. The van der Waals surface area contributed by atoms with E-state index in [0.717, 1.165) is 0 Å². The van der Waals surface area contributed by atoms with Gasteiger partial charge >= 0.3 is 5.76 Å². The minimum absolute atomic E-state index is 0.107. The summed E-state index contributed by atoms with van der Waals surface area (Å²) in [5, 5.41) is 0. The molecule has 1 aliphatic rings. The fraction of sp³-hybridized carbons (Fsp3) is 0.500. The summed E-state index contributed by atoms with van der Waals surface area (Å²) < 4.78 is 6.55. The minimum Gasteiger partial charge on any atom is -0.408 e. The van der Waals surface area contributed by atoms with Crippen molar-refractivity contribution in [1.82, 2.24) is 14.4 Å². The summed E-state index contributed by atoms with van der Waals surface area (Å²) in [5.41, 5.74) is 1.55. The van der Waals surface area contributed by atoms with Gasteiger partial charge in [-0.3, -0.25) is 14.2 Å². The lowest BCUT2D eigenvalue weighted by atomic mass is 10.1. The number of piperazine rings is 1. The number of hydrogen-bond donors (Lipinski definition) is 0. The Kier molecular flexibility index (Phi) is 4.65. The molecule has 1 saturated heterocycles. The van der Waals surface area contributed by atoms with Crippen LogP contribution in [0.1, 0.15) is 30.6 Å². The van der Waals surface area contributed by atoms with Gasteiger partial charge in [0.2, 0.25) is 5.91 Å². The molecule has 0 aliphatic carbocycles. The number of oxazole rings is 1. The van der Waals surface area contributed by atoms with E-state index in [0.29, 0.717) is 55.2 Å². The van der Waals surface area contributed by atoms with Crippen LogP contribution in [0.2, 0.25) is 0 Å². The summed E-state index contributed by atoms with van der Waals surface area (Å²) >= 11 is 0. The van der Waals surface area contributed by atoms with Gasteiger partial charge in [-0.25, -0.2) is 4.79 Å². The molecule has 0 radical (unpaired) electrons. The summed E-state index contributed by atoms with van der Waals surface area (Å²) in [6.07, 6.45) is 0.539. The van der Waals surface area contributed by atoms with Crippen molar-refractivity contribution >= 4 is 22.9 Å². The second kappa shape index (κ2) is 6.74. The van der Waals surface area contributed by atoms with Crippen LogP contribution in [0.3, 0.4) is 0 Å². The molecule has 0 atom stereocenters. The molecule has 1 aromatic heterocycles. The van der Waals surface area contributed by atoms with Crippen LogP contribution in [0.4, 0.5) is 0 Å². The number of carbonyl (C=O) groups is 2. The van der Waals surface area contributed by atoms with E-state index in [1.54, 1.807) is 30.1 Å². The Labute approximate surface area is 145 Å². The maximum absolute atomic E-state index is 12.7. The third-order valence-corrected chi connectivity index (χ3v) is 4.54. The molecule has 2 heterocycles. The van der Waals surface area contributed by atoms with Crippen molar-refractivity contribution in [3.05, 3.63) is 34.3 Å². The number of benzene rings is 1. The van der Waals surface area contributed by atoms with Crippen LogP contribution in [0.5, 0.6) is 0 Å². The van der Waals surface area contributed by atoms with Crippen molar-refractivity contribution in [1.29, 1.82) is 0 Å². The Morgan fingerprint density at radius 2 is 1.76 bits per heavy atom. The molecule has 1 aromatic carbocycles. The molecule has 7 heteroatoms. The largest absolute Gasteiger partial charge is 0.419 e. The molecular weight excluding hydrogens is 322 g/mol. The monoisotopic (exact) mass is 345 g/mol. The highest BCUT2D eigenvalue weighted by molar-refractivity contribution is 5.97. The number of fused-ring (bicyclic) bond motifs is 1. The first-order chi connectivity index (χ1) is 11.9. The molecule has 0 unspecified atom stereocenters. The predicted octanol–water partition coefficient (Wildman–Crippen LogP) is 1.46. The molecule has 3 rings (SSSR count). The summed E-state index contributed by atoms with van der Waals surface area (Å²) in [6, 6.07) is 5.03. The lowest BCUT2D eigenvalue weighted by Gasteiger charge is -2.35. The van der Waals surface area contributed by atoms with Crippen molar-refractivity contribution in [2.45, 2.75) is 20.3 Å². The second-order valence-corrected chi connectivity index (χ2v) is 6.88. The number of aromatic nitrogens is 1. The highest BCUT2D eigenvalue weighted by Crippen LogP contribution is 2.17. The van der Waals surface area contributed by atoms with Gasteiger partial charge in [-0.15, -0.1) is 0 Å². The molecule has 0 spiro atoms. The molecular formula is C18H23N3O4. The predicted molar refractivity (Wildman–Crippen MR) is 93.4 cm³/mol. The zero-order valence-corrected chi connectivity index (χ0v) is 14.8. The van der Waals surface area contributed by atoms with Crippen LogP contribution in [0.15, 0.2) is 27.4 Å². The van der Waals surface area contributed by atoms with Gasteiger partial charge in [0.15, 0.2) is 5.58 Å². The van der Waals surface area contributed by atoms with Crippen LogP contribution in [-0.2, 0) is 11.8 Å². The van der Waals surface area contributed by atoms with E-state index in [2.05, 4.69) is 0 Å². The first-order valence-corrected chi connectivity index (χ1v) is 8.53. The molecule has 0 saturated carbocycles. The third kappa shape index (κ3) is 3.45. The van der Waals surface area contributed by atoms with Gasteiger partial charge < -0.3 is 14.2 Å². The number of amides is 2. The number of carbonyl (C=O) groups excluding carboxylic acids is 2. The normalized spacial score (nSPS) is 15.2. The topological polar surface area (TPSA) is 75.8 Å². The summed E-state index contributed by atoms with van der Waals surface area (Å²) in [5.74, 6) is -0.0739. The van der Waals surface area contributed by atoms with Gasteiger partial charge in [-0.1, -0.05) is 13.8 Å². The second-order valence-electron chi connectivity index (χ2n) is 6.88. The van der Waals surface area contributed by atoms with Crippen molar-refractivity contribution in [3.63, 3.8) is 0 Å². The van der Waals surface area contributed by atoms with Gasteiger partial charge in [-0.05, 0) is 24.1 Å². The van der Waals surface area contributed by atoms with Gasteiger partial charge in [-0.2, -0.15) is 0 Å². The average Bonchev–Trinajstić information content (AvgIpc) is 2.87. The van der Waals surface area contributed by atoms with E-state index in [9.17, 15) is 14.4 Å². The van der Waals surface area contributed by atoms with Gasteiger partial charge in [0, 0.05) is 45.2 Å². The molecule has 2 aromatic rings. The van der Waals surface area contributed by atoms with E-state index in [1.807, 2.05) is 18.7 Å². The maximum atomic E-state index is 12.7. The molecule has 7 nitrogen and oxygen atoms in total. The van der Waals surface area contributed by atoms with E-state index >= 15 is 0 Å². The maximum Gasteiger partial charge on any atom is 0.419 e. The fourth-order valence-corrected chi connectivity index (χ4v) is 3.09. The Balaban J connectivity index is 1.68. The molecule has 0 N–H and O–H groups in total. The van der Waals surface area contributed by atoms with Crippen LogP contribution in [0, 0.1) is 5.92 Å². The zero-order chi connectivity index (χ0) is 18.1. The van der Waals surface area contributed by atoms with Crippen LogP contribution in [-0.4, -0.2) is 52.4 Å². The molecule has 1 fully saturated rings. The number of hydrogen-bond acceptors (Lipinski definition) is 4. The summed E-state index contributed by atoms with van der Waals surface area (Å²) in [7, 11) is 1.63. The quantitative estimate of drug-likeness (QED) is 0.844. The van der Waals surface area contributed by atoms with Gasteiger partial charge in [0.05, 0.1) is 5.52 Å². The lowest BCUT2D eigenvalue weighted by Crippen LogP contribution is -2.50. The Bertz CT molecular complexity index is 857. The van der Waals surface area contributed by atoms with E-state index in [4.69, 9.17) is 4.42 Å². The zero-order valence-electron chi connectivity index (χ0n) is 14.8. The van der Waals surface area contributed by atoms with Gasteiger partial charge in [0.25, 0.3) is 5.91 Å². The number of nitrogens with zero attached hydrogens (tertiary/aromatic N) is 3. The highest BCUT2D eigenvalue weighted by atomic mass is 16.4. The van der Waals surface area contributed by atoms with Gasteiger partial charge in [0.1, 0.15) is 0 Å². The summed E-state index contributed by atoms with van der Waals surface area (Å²) in [4.78, 5) is 39.9. The van der Waals surface area contributed by atoms with Crippen LogP contribution >= 0.6 is 0 Å². The Morgan fingerprint density at radius 3 is 2.40 bits per heavy atom. The molecule has 0 bridgehead atoms. The average molecular weight is 345 g/mol. The van der Waals surface area contributed by atoms with E-state index in [-0.39, 0.29) is 11.8 Å². The standard InChI is InChI=1S/C18H23N3O4/c1-12(2)10-16(22)20-6-8-21(9-7-20)17(23)13-4-5-14-15(11-13)25-18(24)19(14)3/h4-5,11-12H,6-10H2,1-3H3. The van der Waals surface area contributed by atoms with E-state index in [1.165, 1.54) is 4.57 Å². The number of aryl methyl sites for hydroxylation is 1. The summed E-state index contributed by atoms with van der Waals surface area (Å²) in [6.45, 7) is 6.18. The SMILES string of the molecule is CC(C)CC(=O)N1CCN(C(=O)c2ccc3c(c2)oc(=O)n3C)CC1. The lowest BCUT2D eigenvalue weighted by molar-refractivity contribution is -0.133. The van der Waals surface area contributed by atoms with E-state index < -0.39 is 5.76 Å². The molecule has 1 aliphatic heterocycles. The highest BCUT2D eigenvalue weighted by Gasteiger charge is 2.25. The first kappa shape index (κ1) is 17.3. The van der Waals surface area contributed by atoms with Crippen LogP contribution < -0.4 is 5.76 Å². The molecule has 25 heavy (non-hydrogen) atoms. The smallest absolute Gasteiger partial charge is 0.408 e.